The minimum Gasteiger partial charge on any atom is -0.497 e. The molecule has 0 saturated carbocycles. The highest BCUT2D eigenvalue weighted by Gasteiger charge is 2.15. The Morgan fingerprint density at radius 1 is 1.27 bits per heavy atom. The summed E-state index contributed by atoms with van der Waals surface area (Å²) in [7, 11) is 5.33. The van der Waals surface area contributed by atoms with E-state index in [2.05, 4.69) is 10.4 Å². The molecule has 0 atom stereocenters. The fourth-order valence-electron chi connectivity index (χ4n) is 2.58. The zero-order valence-electron chi connectivity index (χ0n) is 13.0. The summed E-state index contributed by atoms with van der Waals surface area (Å²) in [5, 5.41) is 8.10. The van der Waals surface area contributed by atoms with Crippen molar-refractivity contribution < 1.29 is 9.53 Å². The van der Waals surface area contributed by atoms with E-state index in [0.717, 1.165) is 28.0 Å². The lowest BCUT2D eigenvalue weighted by Crippen LogP contribution is -2.15. The highest BCUT2D eigenvalue weighted by molar-refractivity contribution is 6.06. The number of aryl methyl sites for hydroxylation is 3. The normalized spacial score (nSPS) is 10.9. The van der Waals surface area contributed by atoms with Crippen LogP contribution in [0.15, 0.2) is 30.5 Å². The molecule has 0 fully saturated rings. The standard InChI is InChI=1S/C16H18N4O2/c1-10-13(9-19(2)18-10)17-16(21)15-8-11-7-12(22-4)5-6-14(11)20(15)3/h5-9H,1-4H3,(H,17,21). The SMILES string of the molecule is COc1ccc2c(c1)cc(C(=O)Nc1cn(C)nc1C)n2C. The van der Waals surface area contributed by atoms with Crippen molar-refractivity contribution in [3.63, 3.8) is 0 Å². The molecule has 3 aromatic rings. The number of amides is 1. The largest absolute Gasteiger partial charge is 0.497 e. The predicted molar refractivity (Wildman–Crippen MR) is 85.4 cm³/mol. The molecule has 0 aliphatic rings. The first-order chi connectivity index (χ1) is 10.5. The lowest BCUT2D eigenvalue weighted by atomic mass is 10.2. The third kappa shape index (κ3) is 2.32. The highest BCUT2D eigenvalue weighted by Crippen LogP contribution is 2.24. The molecule has 0 spiro atoms. The molecule has 1 aromatic carbocycles. The number of nitrogens with zero attached hydrogens (tertiary/aromatic N) is 3. The van der Waals surface area contributed by atoms with Crippen molar-refractivity contribution in [2.45, 2.75) is 6.92 Å². The summed E-state index contributed by atoms with van der Waals surface area (Å²) in [4.78, 5) is 12.5. The summed E-state index contributed by atoms with van der Waals surface area (Å²) >= 11 is 0. The quantitative estimate of drug-likeness (QED) is 0.808. The van der Waals surface area contributed by atoms with Crippen LogP contribution in [0.5, 0.6) is 5.75 Å². The van der Waals surface area contributed by atoms with Gasteiger partial charge in [0.2, 0.25) is 0 Å². The van der Waals surface area contributed by atoms with E-state index in [-0.39, 0.29) is 5.91 Å². The monoisotopic (exact) mass is 298 g/mol. The molecule has 2 heterocycles. The number of nitrogens with one attached hydrogen (secondary N) is 1. The molecular formula is C16H18N4O2. The number of carbonyl (C=O) groups excluding carboxylic acids is 1. The molecule has 0 aliphatic carbocycles. The third-order valence-corrected chi connectivity index (χ3v) is 3.74. The van der Waals surface area contributed by atoms with Crippen molar-refractivity contribution in [2.75, 3.05) is 12.4 Å². The van der Waals surface area contributed by atoms with E-state index in [1.165, 1.54) is 0 Å². The topological polar surface area (TPSA) is 61.1 Å². The molecular weight excluding hydrogens is 280 g/mol. The number of rotatable bonds is 3. The molecule has 114 valence electrons. The van der Waals surface area contributed by atoms with Crippen LogP contribution in [0.25, 0.3) is 10.9 Å². The van der Waals surface area contributed by atoms with Gasteiger partial charge in [-0.05, 0) is 31.2 Å². The molecule has 2 aromatic heterocycles. The number of hydrogen-bond acceptors (Lipinski definition) is 3. The van der Waals surface area contributed by atoms with Crippen molar-refractivity contribution in [1.29, 1.82) is 0 Å². The Kier molecular flexibility index (Phi) is 3.36. The Balaban J connectivity index is 1.97. The molecule has 0 aliphatic heterocycles. The Bertz CT molecular complexity index is 861. The average molecular weight is 298 g/mol. The van der Waals surface area contributed by atoms with E-state index in [9.17, 15) is 4.79 Å². The number of methoxy groups -OCH3 is 1. The summed E-state index contributed by atoms with van der Waals surface area (Å²) in [6.45, 7) is 1.86. The van der Waals surface area contributed by atoms with Gasteiger partial charge in [0.05, 0.1) is 18.5 Å². The van der Waals surface area contributed by atoms with Gasteiger partial charge in [-0.2, -0.15) is 5.10 Å². The number of carbonyl (C=O) groups is 1. The molecule has 0 saturated heterocycles. The summed E-state index contributed by atoms with van der Waals surface area (Å²) in [5.41, 5.74) is 3.08. The van der Waals surface area contributed by atoms with Crippen LogP contribution in [0.1, 0.15) is 16.2 Å². The highest BCUT2D eigenvalue weighted by atomic mass is 16.5. The fourth-order valence-corrected chi connectivity index (χ4v) is 2.58. The first-order valence-corrected chi connectivity index (χ1v) is 6.94. The van der Waals surface area contributed by atoms with Crippen LogP contribution in [-0.4, -0.2) is 27.4 Å². The number of hydrogen-bond donors (Lipinski definition) is 1. The molecule has 0 unspecified atom stereocenters. The van der Waals surface area contributed by atoms with Crippen molar-refractivity contribution in [3.8, 4) is 5.75 Å². The van der Waals surface area contributed by atoms with Gasteiger partial charge >= 0.3 is 0 Å². The molecule has 1 N–H and O–H groups in total. The maximum absolute atomic E-state index is 12.5. The van der Waals surface area contributed by atoms with Crippen LogP contribution in [-0.2, 0) is 14.1 Å². The van der Waals surface area contributed by atoms with E-state index >= 15 is 0 Å². The van der Waals surface area contributed by atoms with E-state index in [1.807, 2.05) is 49.9 Å². The molecule has 3 rings (SSSR count). The number of fused-ring (bicyclic) bond motifs is 1. The van der Waals surface area contributed by atoms with Gasteiger partial charge in [0.25, 0.3) is 5.91 Å². The van der Waals surface area contributed by atoms with Gasteiger partial charge in [0.1, 0.15) is 11.4 Å². The van der Waals surface area contributed by atoms with Crippen LogP contribution in [0.2, 0.25) is 0 Å². The average Bonchev–Trinajstić information content (AvgIpc) is 2.98. The predicted octanol–water partition coefficient (Wildman–Crippen LogP) is 2.48. The van der Waals surface area contributed by atoms with Crippen LogP contribution >= 0.6 is 0 Å². The van der Waals surface area contributed by atoms with Crippen LogP contribution < -0.4 is 10.1 Å². The second-order valence-electron chi connectivity index (χ2n) is 5.27. The van der Waals surface area contributed by atoms with E-state index in [4.69, 9.17) is 4.74 Å². The fraction of sp³-hybridized carbons (Fsp3) is 0.250. The number of ether oxygens (including phenoxy) is 1. The first kappa shape index (κ1) is 14.2. The number of aromatic nitrogens is 3. The second-order valence-corrected chi connectivity index (χ2v) is 5.27. The van der Waals surface area contributed by atoms with Crippen molar-refractivity contribution in [1.82, 2.24) is 14.3 Å². The maximum atomic E-state index is 12.5. The minimum absolute atomic E-state index is 0.159. The second kappa shape index (κ2) is 5.22. The van der Waals surface area contributed by atoms with Gasteiger partial charge in [-0.3, -0.25) is 9.48 Å². The van der Waals surface area contributed by atoms with Crippen LogP contribution in [0.4, 0.5) is 5.69 Å². The molecule has 0 bridgehead atoms. The van der Waals surface area contributed by atoms with Gasteiger partial charge in [0.15, 0.2) is 0 Å². The Hall–Kier alpha value is -2.76. The molecule has 0 radical (unpaired) electrons. The number of benzene rings is 1. The maximum Gasteiger partial charge on any atom is 0.272 e. The smallest absolute Gasteiger partial charge is 0.272 e. The molecule has 6 nitrogen and oxygen atoms in total. The van der Waals surface area contributed by atoms with E-state index in [1.54, 1.807) is 18.0 Å². The minimum atomic E-state index is -0.159. The van der Waals surface area contributed by atoms with Crippen molar-refractivity contribution in [2.24, 2.45) is 14.1 Å². The van der Waals surface area contributed by atoms with Gasteiger partial charge in [-0.1, -0.05) is 0 Å². The Labute approximate surface area is 128 Å². The molecule has 6 heteroatoms. The molecule has 22 heavy (non-hydrogen) atoms. The third-order valence-electron chi connectivity index (χ3n) is 3.74. The van der Waals surface area contributed by atoms with Gasteiger partial charge in [-0.25, -0.2) is 0 Å². The molecule has 1 amide bonds. The zero-order valence-corrected chi connectivity index (χ0v) is 13.0. The van der Waals surface area contributed by atoms with E-state index < -0.39 is 0 Å². The summed E-state index contributed by atoms with van der Waals surface area (Å²) < 4.78 is 8.77. The van der Waals surface area contributed by atoms with Gasteiger partial charge < -0.3 is 14.6 Å². The van der Waals surface area contributed by atoms with E-state index in [0.29, 0.717) is 5.69 Å². The summed E-state index contributed by atoms with van der Waals surface area (Å²) in [6, 6.07) is 7.61. The van der Waals surface area contributed by atoms with Crippen molar-refractivity contribution >= 4 is 22.5 Å². The summed E-state index contributed by atoms with van der Waals surface area (Å²) in [5.74, 6) is 0.613. The van der Waals surface area contributed by atoms with Gasteiger partial charge in [-0.15, -0.1) is 0 Å². The Morgan fingerprint density at radius 2 is 2.05 bits per heavy atom. The lowest BCUT2D eigenvalue weighted by molar-refractivity contribution is 0.101. The first-order valence-electron chi connectivity index (χ1n) is 6.94. The Morgan fingerprint density at radius 3 is 2.68 bits per heavy atom. The van der Waals surface area contributed by atoms with Gasteiger partial charge in [0, 0.05) is 31.2 Å². The van der Waals surface area contributed by atoms with Crippen LogP contribution in [0.3, 0.4) is 0 Å². The van der Waals surface area contributed by atoms with Crippen molar-refractivity contribution in [3.05, 3.63) is 41.9 Å². The van der Waals surface area contributed by atoms with Crippen LogP contribution in [0, 0.1) is 6.92 Å². The summed E-state index contributed by atoms with van der Waals surface area (Å²) in [6.07, 6.45) is 1.79. The zero-order chi connectivity index (χ0) is 15.9. The lowest BCUT2D eigenvalue weighted by Gasteiger charge is -2.05. The number of anilines is 1.